The molecule has 4 fully saturated rings. The minimum atomic E-state index is -5.02. The zero-order chi connectivity index (χ0) is 28.4. The number of aromatic nitrogens is 3. The molecule has 1 aromatic carbocycles. The van der Waals surface area contributed by atoms with Crippen molar-refractivity contribution in [2.75, 3.05) is 37.7 Å². The van der Waals surface area contributed by atoms with Crippen molar-refractivity contribution in [3.63, 3.8) is 0 Å². The molecule has 41 heavy (non-hydrogen) atoms. The number of hydrogen-bond donors (Lipinski definition) is 2. The number of benzene rings is 1. The van der Waals surface area contributed by atoms with Gasteiger partial charge >= 0.3 is 12.4 Å². The lowest BCUT2D eigenvalue weighted by molar-refractivity contribution is -0.274. The molecule has 0 spiro atoms. The topological polar surface area (TPSA) is 95.9 Å². The fourth-order valence-electron chi connectivity index (χ4n) is 7.06. The molecule has 13 heteroatoms. The summed E-state index contributed by atoms with van der Waals surface area (Å²) in [7, 11) is 0. The molecule has 0 amide bonds. The Kier molecular flexibility index (Phi) is 6.34. The lowest BCUT2D eigenvalue weighted by atomic mass is 9.95. The van der Waals surface area contributed by atoms with Crippen LogP contribution in [0.15, 0.2) is 24.4 Å². The van der Waals surface area contributed by atoms with E-state index in [0.29, 0.717) is 30.9 Å². The van der Waals surface area contributed by atoms with Crippen molar-refractivity contribution < 1.29 is 32.1 Å². The molecule has 218 valence electrons. The third-order valence-corrected chi connectivity index (χ3v) is 8.88. The first-order valence-corrected chi connectivity index (χ1v) is 14.0. The van der Waals surface area contributed by atoms with Gasteiger partial charge in [0.15, 0.2) is 5.82 Å². The molecule has 4 aliphatic rings. The lowest BCUT2D eigenvalue weighted by Crippen LogP contribution is -2.51. The molecule has 4 saturated heterocycles. The summed E-state index contributed by atoms with van der Waals surface area (Å²) in [5.41, 5.74) is -0.981. The molecule has 2 bridgehead atoms. The molecule has 2 aromatic heterocycles. The first-order chi connectivity index (χ1) is 19.7. The van der Waals surface area contributed by atoms with Crippen molar-refractivity contribution in [2.24, 2.45) is 0 Å². The second-order valence-corrected chi connectivity index (χ2v) is 11.5. The fourth-order valence-corrected chi connectivity index (χ4v) is 7.06. The van der Waals surface area contributed by atoms with Crippen molar-refractivity contribution in [2.45, 2.75) is 62.5 Å². The van der Waals surface area contributed by atoms with Crippen LogP contribution in [0, 0.1) is 5.82 Å². The van der Waals surface area contributed by atoms with Crippen LogP contribution in [-0.4, -0.2) is 81.7 Å². The molecule has 9 nitrogen and oxygen atoms in total. The summed E-state index contributed by atoms with van der Waals surface area (Å²) in [5.74, 6) is -1.52. The summed E-state index contributed by atoms with van der Waals surface area (Å²) in [5, 5.41) is 13.9. The van der Waals surface area contributed by atoms with Crippen LogP contribution in [0.4, 0.5) is 23.4 Å². The van der Waals surface area contributed by atoms with E-state index in [-0.39, 0.29) is 40.5 Å². The minimum absolute atomic E-state index is 0.0187. The van der Waals surface area contributed by atoms with E-state index in [1.807, 2.05) is 0 Å². The summed E-state index contributed by atoms with van der Waals surface area (Å²) < 4.78 is 66.0. The number of nitrogens with zero attached hydrogens (tertiary/aromatic N) is 5. The van der Waals surface area contributed by atoms with Gasteiger partial charge in [-0.05, 0) is 69.8 Å². The summed E-state index contributed by atoms with van der Waals surface area (Å²) in [4.78, 5) is 17.9. The normalized spacial score (nSPS) is 23.8. The van der Waals surface area contributed by atoms with E-state index in [1.165, 1.54) is 6.20 Å². The second kappa shape index (κ2) is 9.83. The van der Waals surface area contributed by atoms with Gasteiger partial charge in [-0.1, -0.05) is 0 Å². The largest absolute Gasteiger partial charge is 0.573 e. The van der Waals surface area contributed by atoms with Gasteiger partial charge < -0.3 is 24.8 Å². The van der Waals surface area contributed by atoms with Gasteiger partial charge in [0.25, 0.3) is 0 Å². The summed E-state index contributed by atoms with van der Waals surface area (Å²) >= 11 is 0. The standard InChI is InChI=1S/C28H30F4N6O3/c29-22-23(19-11-18(39)5-6-21(19)41-28(30,31)32)33-12-20-24(22)35-26(40-15-27-7-1-9-38(27)10-2-8-27)36-25(20)37-13-16-3-4-17(14-37)34-16/h5-6,11-12,16-17,34,39H,1-4,7-10,13-15H2. The lowest BCUT2D eigenvalue weighted by Gasteiger charge is -2.34. The molecule has 7 rings (SSSR count). The molecule has 4 aliphatic heterocycles. The number of pyridine rings is 1. The molecule has 2 unspecified atom stereocenters. The van der Waals surface area contributed by atoms with Crippen LogP contribution in [-0.2, 0) is 0 Å². The van der Waals surface area contributed by atoms with E-state index in [4.69, 9.17) is 9.72 Å². The number of alkyl halides is 3. The van der Waals surface area contributed by atoms with Crippen LogP contribution >= 0.6 is 0 Å². The third kappa shape index (κ3) is 4.88. The predicted octanol–water partition coefficient (Wildman–Crippen LogP) is 4.38. The van der Waals surface area contributed by atoms with Gasteiger partial charge in [0, 0.05) is 36.9 Å². The Hall–Kier alpha value is -3.45. The number of phenolic OH excluding ortho intramolecular Hbond substituents is 1. The number of ether oxygens (including phenoxy) is 2. The van der Waals surface area contributed by atoms with Crippen LogP contribution in [0.5, 0.6) is 17.5 Å². The Morgan fingerprint density at radius 1 is 1.07 bits per heavy atom. The smallest absolute Gasteiger partial charge is 0.508 e. The van der Waals surface area contributed by atoms with E-state index in [2.05, 4.69) is 29.8 Å². The molecular formula is C28H30F4N6O3. The molecule has 0 radical (unpaired) electrons. The van der Waals surface area contributed by atoms with Crippen LogP contribution in [0.25, 0.3) is 22.2 Å². The Bertz CT molecular complexity index is 1470. The highest BCUT2D eigenvalue weighted by atomic mass is 19.4. The van der Waals surface area contributed by atoms with Crippen molar-refractivity contribution in [3.8, 4) is 28.8 Å². The summed E-state index contributed by atoms with van der Waals surface area (Å²) in [6.07, 6.45) is 2.61. The molecule has 6 heterocycles. The summed E-state index contributed by atoms with van der Waals surface area (Å²) in [6, 6.07) is 3.51. The third-order valence-electron chi connectivity index (χ3n) is 8.88. The number of halogens is 4. The number of nitrogens with one attached hydrogen (secondary N) is 1. The first-order valence-electron chi connectivity index (χ1n) is 14.0. The maximum Gasteiger partial charge on any atom is 0.573 e. The zero-order valence-electron chi connectivity index (χ0n) is 22.3. The van der Waals surface area contributed by atoms with Crippen LogP contribution in [0.1, 0.15) is 38.5 Å². The number of rotatable bonds is 6. The van der Waals surface area contributed by atoms with Gasteiger partial charge in [-0.2, -0.15) is 9.97 Å². The average molecular weight is 575 g/mol. The quantitative estimate of drug-likeness (QED) is 0.416. The highest BCUT2D eigenvalue weighted by molar-refractivity contribution is 5.92. The molecule has 3 aromatic rings. The van der Waals surface area contributed by atoms with E-state index < -0.39 is 23.6 Å². The Balaban J connectivity index is 1.32. The Labute approximate surface area is 233 Å². The predicted molar refractivity (Wildman–Crippen MR) is 142 cm³/mol. The van der Waals surface area contributed by atoms with Gasteiger partial charge in [0.1, 0.15) is 35.1 Å². The molecular weight excluding hydrogens is 544 g/mol. The highest BCUT2D eigenvalue weighted by Crippen LogP contribution is 2.41. The molecule has 0 saturated carbocycles. The van der Waals surface area contributed by atoms with Gasteiger partial charge in [-0.25, -0.2) is 4.39 Å². The SMILES string of the molecule is Oc1ccc(OC(F)(F)F)c(-c2ncc3c(N4CC5CCC(C4)N5)nc(OCC45CCCN4CCC5)nc3c2F)c1. The van der Waals surface area contributed by atoms with Crippen LogP contribution in [0.2, 0.25) is 0 Å². The number of piperazine rings is 1. The van der Waals surface area contributed by atoms with Gasteiger partial charge in [0.05, 0.1) is 10.9 Å². The van der Waals surface area contributed by atoms with Crippen molar-refractivity contribution in [1.29, 1.82) is 0 Å². The Morgan fingerprint density at radius 2 is 1.80 bits per heavy atom. The average Bonchev–Trinajstić information content (AvgIpc) is 3.61. The van der Waals surface area contributed by atoms with Gasteiger partial charge in [-0.3, -0.25) is 9.88 Å². The van der Waals surface area contributed by atoms with E-state index in [9.17, 15) is 18.3 Å². The van der Waals surface area contributed by atoms with Crippen LogP contribution in [0.3, 0.4) is 0 Å². The maximum atomic E-state index is 16.3. The van der Waals surface area contributed by atoms with Crippen molar-refractivity contribution in [3.05, 3.63) is 30.2 Å². The van der Waals surface area contributed by atoms with E-state index in [1.54, 1.807) is 0 Å². The minimum Gasteiger partial charge on any atom is -0.508 e. The number of phenols is 1. The fraction of sp³-hybridized carbons (Fsp3) is 0.536. The van der Waals surface area contributed by atoms with Crippen LogP contribution < -0.4 is 19.7 Å². The van der Waals surface area contributed by atoms with Crippen molar-refractivity contribution in [1.82, 2.24) is 25.2 Å². The van der Waals surface area contributed by atoms with Gasteiger partial charge in [0.2, 0.25) is 0 Å². The van der Waals surface area contributed by atoms with E-state index >= 15 is 4.39 Å². The monoisotopic (exact) mass is 574 g/mol. The molecule has 2 atom stereocenters. The Morgan fingerprint density at radius 3 is 2.51 bits per heavy atom. The molecule has 2 N–H and O–H groups in total. The number of fused-ring (bicyclic) bond motifs is 4. The number of aromatic hydroxyl groups is 1. The first kappa shape index (κ1) is 26.4. The van der Waals surface area contributed by atoms with Gasteiger partial charge in [-0.15, -0.1) is 13.2 Å². The van der Waals surface area contributed by atoms with Crippen molar-refractivity contribution >= 4 is 16.7 Å². The maximum absolute atomic E-state index is 16.3. The number of anilines is 1. The summed E-state index contributed by atoms with van der Waals surface area (Å²) in [6.45, 7) is 3.75. The number of hydrogen-bond acceptors (Lipinski definition) is 9. The zero-order valence-corrected chi connectivity index (χ0v) is 22.3. The molecule has 0 aliphatic carbocycles. The second-order valence-electron chi connectivity index (χ2n) is 11.5. The highest BCUT2D eigenvalue weighted by Gasteiger charge is 2.45. The van der Waals surface area contributed by atoms with E-state index in [0.717, 1.165) is 69.8 Å².